The molecule has 1 aromatic heterocycles. The first-order chi connectivity index (χ1) is 17.9. The fraction of sp³-hybridized carbons (Fsp3) is 0.400. The van der Waals surface area contributed by atoms with Crippen LogP contribution in [-0.4, -0.2) is 55.5 Å². The number of aliphatic carboxylic acids is 1. The van der Waals surface area contributed by atoms with Crippen molar-refractivity contribution in [1.29, 1.82) is 0 Å². The molecule has 2 heterocycles. The zero-order valence-electron chi connectivity index (χ0n) is 20.0. The van der Waals surface area contributed by atoms with Crippen molar-refractivity contribution in [2.24, 2.45) is 0 Å². The predicted molar refractivity (Wildman–Crippen MR) is 130 cm³/mol. The Morgan fingerprint density at radius 1 is 0.919 bits per heavy atom. The summed E-state index contributed by atoms with van der Waals surface area (Å²) in [4.78, 5) is 41.6. The fourth-order valence-corrected chi connectivity index (χ4v) is 5.25. The van der Waals surface area contributed by atoms with Crippen molar-refractivity contribution >= 4 is 23.4 Å². The molecule has 2 fully saturated rings. The molecular formula is C25H26F2N6O4. The van der Waals surface area contributed by atoms with Crippen LogP contribution in [0.15, 0.2) is 47.3 Å². The second-order valence-electron chi connectivity index (χ2n) is 9.31. The molecule has 1 N–H and O–H groups in total. The average Bonchev–Trinajstić information content (AvgIpc) is 3.53. The summed E-state index contributed by atoms with van der Waals surface area (Å²) in [5.41, 5.74) is -0.570. The van der Waals surface area contributed by atoms with E-state index in [1.54, 1.807) is 24.3 Å². The number of benzene rings is 2. The lowest BCUT2D eigenvalue weighted by Gasteiger charge is -2.34. The fourth-order valence-electron chi connectivity index (χ4n) is 5.25. The van der Waals surface area contributed by atoms with Gasteiger partial charge in [-0.05, 0) is 72.5 Å². The molecule has 2 aliphatic rings. The first-order valence-corrected chi connectivity index (χ1v) is 12.3. The van der Waals surface area contributed by atoms with E-state index in [0.717, 1.165) is 49.6 Å². The van der Waals surface area contributed by atoms with Gasteiger partial charge < -0.3 is 10.0 Å². The number of halogens is 2. The van der Waals surface area contributed by atoms with Gasteiger partial charge in [0.1, 0.15) is 11.7 Å². The van der Waals surface area contributed by atoms with Gasteiger partial charge in [0.25, 0.3) is 0 Å². The van der Waals surface area contributed by atoms with Gasteiger partial charge in [0.2, 0.25) is 0 Å². The van der Waals surface area contributed by atoms with Crippen molar-refractivity contribution in [2.75, 3.05) is 16.3 Å². The lowest BCUT2D eigenvalue weighted by Crippen LogP contribution is -2.47. The van der Waals surface area contributed by atoms with Crippen molar-refractivity contribution in [3.63, 3.8) is 0 Å². The minimum absolute atomic E-state index is 0.215. The van der Waals surface area contributed by atoms with Gasteiger partial charge in [-0.25, -0.2) is 23.2 Å². The summed E-state index contributed by atoms with van der Waals surface area (Å²) < 4.78 is 29.5. The van der Waals surface area contributed by atoms with Crippen LogP contribution in [0.25, 0.3) is 5.69 Å². The number of carboxylic acid groups (broad SMARTS) is 1. The number of anilines is 2. The SMILES string of the molecule is O=C(O)C1CCCN1c1ccc(N(C(=O)n2nnn(-c3c(F)cccc3F)c2=O)C2CCCCC2)cc1. The average molecular weight is 513 g/mol. The monoisotopic (exact) mass is 512 g/mol. The van der Waals surface area contributed by atoms with Crippen LogP contribution in [0.3, 0.4) is 0 Å². The summed E-state index contributed by atoms with van der Waals surface area (Å²) in [6, 6.07) is 8.47. The molecule has 1 saturated carbocycles. The van der Waals surface area contributed by atoms with Crippen LogP contribution in [0.4, 0.5) is 25.0 Å². The van der Waals surface area contributed by atoms with Crippen molar-refractivity contribution in [2.45, 2.75) is 57.0 Å². The molecule has 0 radical (unpaired) electrons. The van der Waals surface area contributed by atoms with E-state index in [1.807, 2.05) is 4.90 Å². The lowest BCUT2D eigenvalue weighted by atomic mass is 9.94. The molecule has 0 bridgehead atoms. The van der Waals surface area contributed by atoms with Crippen molar-refractivity contribution in [1.82, 2.24) is 19.8 Å². The molecule has 2 aromatic carbocycles. The second kappa shape index (κ2) is 10.1. The maximum atomic E-state index is 14.3. The Kier molecular flexibility index (Phi) is 6.72. The molecule has 1 unspecified atom stereocenters. The van der Waals surface area contributed by atoms with Gasteiger partial charge in [-0.2, -0.15) is 4.68 Å². The van der Waals surface area contributed by atoms with Gasteiger partial charge >= 0.3 is 17.7 Å². The number of carbonyl (C=O) groups is 2. The first-order valence-electron chi connectivity index (χ1n) is 12.3. The Bertz CT molecular complexity index is 1350. The second-order valence-corrected chi connectivity index (χ2v) is 9.31. The highest BCUT2D eigenvalue weighted by Crippen LogP contribution is 2.31. The molecule has 1 atom stereocenters. The Balaban J connectivity index is 1.49. The zero-order chi connectivity index (χ0) is 26.1. The summed E-state index contributed by atoms with van der Waals surface area (Å²) in [5.74, 6) is -2.90. The molecule has 12 heteroatoms. The number of rotatable bonds is 5. The normalized spacial score (nSPS) is 18.2. The Morgan fingerprint density at radius 3 is 2.24 bits per heavy atom. The summed E-state index contributed by atoms with van der Waals surface area (Å²) in [6.07, 6.45) is 5.60. The van der Waals surface area contributed by atoms with E-state index < -0.39 is 41.1 Å². The third-order valence-electron chi connectivity index (χ3n) is 7.06. The third kappa shape index (κ3) is 4.58. The van der Waals surface area contributed by atoms with Crippen molar-refractivity contribution in [3.05, 3.63) is 64.6 Å². The van der Waals surface area contributed by atoms with Crippen LogP contribution in [0.2, 0.25) is 0 Å². The lowest BCUT2D eigenvalue weighted by molar-refractivity contribution is -0.138. The highest BCUT2D eigenvalue weighted by molar-refractivity contribution is 5.93. The number of aromatic nitrogens is 4. The number of tetrazole rings is 1. The predicted octanol–water partition coefficient (Wildman–Crippen LogP) is 3.57. The number of nitrogens with zero attached hydrogens (tertiary/aromatic N) is 6. The third-order valence-corrected chi connectivity index (χ3v) is 7.06. The van der Waals surface area contributed by atoms with E-state index in [0.29, 0.717) is 40.9 Å². The van der Waals surface area contributed by atoms with E-state index in [-0.39, 0.29) is 6.04 Å². The quantitative estimate of drug-likeness (QED) is 0.520. The molecule has 1 aliphatic heterocycles. The van der Waals surface area contributed by atoms with Crippen LogP contribution in [0, 0.1) is 11.6 Å². The molecule has 1 amide bonds. The topological polar surface area (TPSA) is 114 Å². The van der Waals surface area contributed by atoms with Crippen molar-refractivity contribution < 1.29 is 23.5 Å². The Hall–Kier alpha value is -4.09. The summed E-state index contributed by atoms with van der Waals surface area (Å²) in [7, 11) is 0. The smallest absolute Gasteiger partial charge is 0.377 e. The first kappa shape index (κ1) is 24.6. The number of hydrogen-bond acceptors (Lipinski definition) is 6. The minimum Gasteiger partial charge on any atom is -0.480 e. The van der Waals surface area contributed by atoms with Gasteiger partial charge in [0.15, 0.2) is 11.6 Å². The highest BCUT2D eigenvalue weighted by atomic mass is 19.1. The van der Waals surface area contributed by atoms with Crippen LogP contribution >= 0.6 is 0 Å². The standard InChI is InChI=1S/C25H26F2N6O4/c26-19-8-4-9-20(27)22(19)32-25(37)33(29-28-32)24(36)31(17-6-2-1-3-7-17)18-13-11-16(12-14-18)30-15-5-10-21(30)23(34)35/h4,8-9,11-14,17,21H,1-3,5-7,10,15H2,(H,34,35). The summed E-state index contributed by atoms with van der Waals surface area (Å²) >= 11 is 0. The maximum absolute atomic E-state index is 14.3. The number of para-hydroxylation sites is 1. The van der Waals surface area contributed by atoms with Crippen LogP contribution in [0.1, 0.15) is 44.9 Å². The van der Waals surface area contributed by atoms with Crippen LogP contribution < -0.4 is 15.5 Å². The molecule has 3 aromatic rings. The summed E-state index contributed by atoms with van der Waals surface area (Å²) in [5, 5.41) is 16.7. The number of amides is 1. The van der Waals surface area contributed by atoms with Gasteiger partial charge in [0, 0.05) is 24.0 Å². The molecular weight excluding hydrogens is 486 g/mol. The minimum atomic E-state index is -1.09. The Labute approximate surface area is 210 Å². The zero-order valence-corrected chi connectivity index (χ0v) is 20.0. The Morgan fingerprint density at radius 2 is 1.59 bits per heavy atom. The highest BCUT2D eigenvalue weighted by Gasteiger charge is 2.33. The number of carboxylic acids is 1. The van der Waals surface area contributed by atoms with E-state index in [2.05, 4.69) is 10.4 Å². The van der Waals surface area contributed by atoms with Crippen LogP contribution in [-0.2, 0) is 4.79 Å². The largest absolute Gasteiger partial charge is 0.480 e. The maximum Gasteiger partial charge on any atom is 0.377 e. The number of carbonyl (C=O) groups excluding carboxylic acids is 1. The van der Waals surface area contributed by atoms with E-state index in [1.165, 1.54) is 4.90 Å². The number of hydrogen-bond donors (Lipinski definition) is 1. The molecule has 37 heavy (non-hydrogen) atoms. The van der Waals surface area contributed by atoms with Gasteiger partial charge in [-0.3, -0.25) is 4.90 Å². The molecule has 1 aliphatic carbocycles. The molecule has 10 nitrogen and oxygen atoms in total. The molecule has 194 valence electrons. The van der Waals surface area contributed by atoms with Gasteiger partial charge in [-0.15, -0.1) is 4.68 Å². The molecule has 5 rings (SSSR count). The van der Waals surface area contributed by atoms with Crippen LogP contribution in [0.5, 0.6) is 0 Å². The van der Waals surface area contributed by atoms with Gasteiger partial charge in [-0.1, -0.05) is 25.3 Å². The van der Waals surface area contributed by atoms with E-state index in [4.69, 9.17) is 0 Å². The van der Waals surface area contributed by atoms with Gasteiger partial charge in [0.05, 0.1) is 0 Å². The summed E-state index contributed by atoms with van der Waals surface area (Å²) in [6.45, 7) is 0.618. The molecule has 1 saturated heterocycles. The molecule has 0 spiro atoms. The van der Waals surface area contributed by atoms with E-state index in [9.17, 15) is 28.3 Å². The van der Waals surface area contributed by atoms with Crippen molar-refractivity contribution in [3.8, 4) is 5.69 Å². The van der Waals surface area contributed by atoms with E-state index >= 15 is 0 Å².